The topological polar surface area (TPSA) is 73.8 Å². The number of carbonyl (C=O) groups excluding carboxylic acids is 1. The Labute approximate surface area is 180 Å². The third kappa shape index (κ3) is 3.66. The summed E-state index contributed by atoms with van der Waals surface area (Å²) < 4.78 is 2.16. The van der Waals surface area contributed by atoms with E-state index < -0.39 is 0 Å². The Morgan fingerprint density at radius 2 is 1.68 bits per heavy atom. The van der Waals surface area contributed by atoms with E-state index in [4.69, 9.17) is 10.7 Å². The second kappa shape index (κ2) is 8.03. The van der Waals surface area contributed by atoms with Crippen molar-refractivity contribution in [3.8, 4) is 11.4 Å². The Balaban J connectivity index is 1.75. The maximum Gasteiger partial charge on any atom is 0.219 e. The van der Waals surface area contributed by atoms with Gasteiger partial charge in [-0.3, -0.25) is 9.78 Å². The molecule has 1 amide bonds. The van der Waals surface area contributed by atoms with Crippen LogP contribution in [0.4, 0.5) is 0 Å². The number of hydrogen-bond acceptors (Lipinski definition) is 3. The molecule has 5 rings (SSSR count). The maximum atomic E-state index is 12.1. The highest BCUT2D eigenvalue weighted by molar-refractivity contribution is 5.94. The van der Waals surface area contributed by atoms with Gasteiger partial charge in [-0.1, -0.05) is 60.7 Å². The molecule has 0 radical (unpaired) electrons. The van der Waals surface area contributed by atoms with Crippen molar-refractivity contribution in [2.45, 2.75) is 18.9 Å². The Morgan fingerprint density at radius 1 is 0.903 bits per heavy atom. The summed E-state index contributed by atoms with van der Waals surface area (Å²) >= 11 is 0. The molecular weight excluding hydrogens is 384 g/mol. The molecule has 2 heterocycles. The van der Waals surface area contributed by atoms with Crippen LogP contribution in [0.1, 0.15) is 18.0 Å². The molecule has 1 atom stereocenters. The summed E-state index contributed by atoms with van der Waals surface area (Å²) in [5.74, 6) is 0.466. The number of pyridine rings is 1. The van der Waals surface area contributed by atoms with Crippen molar-refractivity contribution in [1.29, 1.82) is 0 Å². The molecule has 0 spiro atoms. The summed E-state index contributed by atoms with van der Waals surface area (Å²) in [6, 6.07) is 28.1. The average molecular weight is 406 g/mol. The van der Waals surface area contributed by atoms with Crippen LogP contribution in [0.3, 0.4) is 0 Å². The minimum absolute atomic E-state index is 0.165. The van der Waals surface area contributed by atoms with Crippen molar-refractivity contribution in [2.24, 2.45) is 5.73 Å². The van der Waals surface area contributed by atoms with E-state index in [9.17, 15) is 4.79 Å². The lowest BCUT2D eigenvalue weighted by Gasteiger charge is -2.21. The molecular formula is C26H22N4O. The van der Waals surface area contributed by atoms with E-state index in [2.05, 4.69) is 21.7 Å². The van der Waals surface area contributed by atoms with Gasteiger partial charge < -0.3 is 10.3 Å². The highest BCUT2D eigenvalue weighted by Crippen LogP contribution is 2.34. The van der Waals surface area contributed by atoms with Gasteiger partial charge in [-0.25, -0.2) is 4.98 Å². The van der Waals surface area contributed by atoms with Gasteiger partial charge in [0.15, 0.2) is 0 Å². The quantitative estimate of drug-likeness (QED) is 0.435. The van der Waals surface area contributed by atoms with E-state index >= 15 is 0 Å². The summed E-state index contributed by atoms with van der Waals surface area (Å²) in [6.07, 6.45) is 2.69. The van der Waals surface area contributed by atoms with Crippen LogP contribution in [0, 0.1) is 0 Å². The predicted molar refractivity (Wildman–Crippen MR) is 123 cm³/mol. The number of nitrogens with zero attached hydrogens (tertiary/aromatic N) is 3. The monoisotopic (exact) mass is 406 g/mol. The standard InChI is InChI=1S/C26H22N4O/c27-24(31)17-20(16-18-8-2-1-3-9-18)30-23-14-5-4-13-22(23)29-26(30)21-12-6-10-19-11-7-15-28-25(19)21/h1-15,20H,16-17H2,(H2,27,31). The average Bonchev–Trinajstić information content (AvgIpc) is 3.18. The van der Waals surface area contributed by atoms with Gasteiger partial charge in [0.1, 0.15) is 5.82 Å². The number of hydrogen-bond donors (Lipinski definition) is 1. The zero-order valence-corrected chi connectivity index (χ0v) is 17.0. The zero-order valence-electron chi connectivity index (χ0n) is 17.0. The molecule has 5 heteroatoms. The van der Waals surface area contributed by atoms with Crippen molar-refractivity contribution in [3.63, 3.8) is 0 Å². The first-order chi connectivity index (χ1) is 15.2. The summed E-state index contributed by atoms with van der Waals surface area (Å²) in [4.78, 5) is 21.7. The van der Waals surface area contributed by atoms with E-state index in [0.717, 1.165) is 38.9 Å². The van der Waals surface area contributed by atoms with Crippen LogP contribution >= 0.6 is 0 Å². The van der Waals surface area contributed by atoms with Crippen LogP contribution in [0.25, 0.3) is 33.3 Å². The summed E-state index contributed by atoms with van der Waals surface area (Å²) in [7, 11) is 0. The second-order valence-corrected chi connectivity index (χ2v) is 7.69. The van der Waals surface area contributed by atoms with Gasteiger partial charge in [-0.15, -0.1) is 0 Å². The van der Waals surface area contributed by atoms with E-state index in [1.165, 1.54) is 0 Å². The van der Waals surface area contributed by atoms with E-state index in [1.54, 1.807) is 6.20 Å². The zero-order chi connectivity index (χ0) is 21.2. The Kier molecular flexibility index (Phi) is 4.92. The van der Waals surface area contributed by atoms with E-state index in [-0.39, 0.29) is 18.4 Å². The molecule has 0 bridgehead atoms. The van der Waals surface area contributed by atoms with Gasteiger partial charge in [0.2, 0.25) is 5.91 Å². The van der Waals surface area contributed by atoms with Gasteiger partial charge in [0.25, 0.3) is 0 Å². The molecule has 152 valence electrons. The molecule has 5 nitrogen and oxygen atoms in total. The van der Waals surface area contributed by atoms with Crippen molar-refractivity contribution >= 4 is 27.8 Å². The van der Waals surface area contributed by atoms with Crippen molar-refractivity contribution in [2.75, 3.05) is 0 Å². The number of rotatable bonds is 6. The summed E-state index contributed by atoms with van der Waals surface area (Å²) in [5, 5.41) is 1.05. The van der Waals surface area contributed by atoms with E-state index in [1.807, 2.05) is 72.8 Å². The van der Waals surface area contributed by atoms with Gasteiger partial charge in [0, 0.05) is 29.6 Å². The van der Waals surface area contributed by atoms with Crippen LogP contribution in [0.2, 0.25) is 0 Å². The Bertz CT molecular complexity index is 1370. The molecule has 0 aliphatic rings. The lowest BCUT2D eigenvalue weighted by atomic mass is 10.0. The third-order valence-electron chi connectivity index (χ3n) is 5.59. The fourth-order valence-electron chi connectivity index (χ4n) is 4.26. The molecule has 1 unspecified atom stereocenters. The number of para-hydroxylation sites is 3. The first-order valence-electron chi connectivity index (χ1n) is 10.3. The summed E-state index contributed by atoms with van der Waals surface area (Å²) in [5.41, 5.74) is 10.5. The second-order valence-electron chi connectivity index (χ2n) is 7.69. The largest absolute Gasteiger partial charge is 0.370 e. The SMILES string of the molecule is NC(=O)CC(Cc1ccccc1)n1c(-c2cccc3cccnc23)nc2ccccc21. The van der Waals surface area contributed by atoms with Crippen LogP contribution in [-0.4, -0.2) is 20.4 Å². The number of imidazole rings is 1. The number of amides is 1. The van der Waals surface area contributed by atoms with Crippen molar-refractivity contribution in [3.05, 3.63) is 96.7 Å². The molecule has 0 saturated carbocycles. The van der Waals surface area contributed by atoms with Gasteiger partial charge in [-0.2, -0.15) is 0 Å². The molecule has 0 aliphatic heterocycles. The van der Waals surface area contributed by atoms with Crippen LogP contribution < -0.4 is 5.73 Å². The Morgan fingerprint density at radius 3 is 2.52 bits per heavy atom. The normalized spacial score (nSPS) is 12.3. The first kappa shape index (κ1) is 19.0. The number of benzene rings is 3. The number of aromatic nitrogens is 3. The minimum atomic E-state index is -0.333. The fraction of sp³-hybridized carbons (Fsp3) is 0.115. The number of nitrogens with two attached hydrogens (primary N) is 1. The maximum absolute atomic E-state index is 12.1. The molecule has 0 aliphatic carbocycles. The number of primary amides is 1. The first-order valence-corrected chi connectivity index (χ1v) is 10.3. The predicted octanol–water partition coefficient (Wildman–Crippen LogP) is 4.91. The van der Waals surface area contributed by atoms with Crippen LogP contribution in [0.15, 0.2) is 91.1 Å². The van der Waals surface area contributed by atoms with E-state index in [0.29, 0.717) is 6.42 Å². The highest BCUT2D eigenvalue weighted by atomic mass is 16.1. The molecule has 3 aromatic carbocycles. The van der Waals surface area contributed by atoms with Gasteiger partial charge in [0.05, 0.1) is 16.6 Å². The molecule has 31 heavy (non-hydrogen) atoms. The molecule has 2 N–H and O–H groups in total. The number of carbonyl (C=O) groups is 1. The van der Waals surface area contributed by atoms with Crippen molar-refractivity contribution < 1.29 is 4.79 Å². The molecule has 2 aromatic heterocycles. The highest BCUT2D eigenvalue weighted by Gasteiger charge is 2.23. The Hall–Kier alpha value is -3.99. The number of fused-ring (bicyclic) bond motifs is 2. The molecule has 0 fully saturated rings. The lowest BCUT2D eigenvalue weighted by molar-refractivity contribution is -0.118. The van der Waals surface area contributed by atoms with Crippen LogP contribution in [-0.2, 0) is 11.2 Å². The fourth-order valence-corrected chi connectivity index (χ4v) is 4.26. The smallest absolute Gasteiger partial charge is 0.219 e. The van der Waals surface area contributed by atoms with Gasteiger partial charge >= 0.3 is 0 Å². The molecule has 5 aromatic rings. The minimum Gasteiger partial charge on any atom is -0.370 e. The van der Waals surface area contributed by atoms with Gasteiger partial charge in [-0.05, 0) is 36.2 Å². The van der Waals surface area contributed by atoms with Crippen LogP contribution in [0.5, 0.6) is 0 Å². The summed E-state index contributed by atoms with van der Waals surface area (Å²) in [6.45, 7) is 0. The third-order valence-corrected chi connectivity index (χ3v) is 5.59. The molecule has 0 saturated heterocycles. The van der Waals surface area contributed by atoms with Crippen molar-refractivity contribution in [1.82, 2.24) is 14.5 Å². The lowest BCUT2D eigenvalue weighted by Crippen LogP contribution is -2.22.